The van der Waals surface area contributed by atoms with Crippen LogP contribution in [0.15, 0.2) is 12.2 Å². The summed E-state index contributed by atoms with van der Waals surface area (Å²) in [5, 5.41) is 2.40. The van der Waals surface area contributed by atoms with Crippen LogP contribution in [-0.4, -0.2) is 12.6 Å². The molecule has 8 heavy (non-hydrogen) atoms. The van der Waals surface area contributed by atoms with Crippen molar-refractivity contribution in [1.82, 2.24) is 5.32 Å². The molecule has 1 amide bonds. The van der Waals surface area contributed by atoms with Crippen molar-refractivity contribution in [3.63, 3.8) is 0 Å². The third-order valence-electron chi connectivity index (χ3n) is 0.594. The van der Waals surface area contributed by atoms with Crippen LogP contribution < -0.4 is 11.1 Å². The summed E-state index contributed by atoms with van der Waals surface area (Å²) in [4.78, 5) is 10.4. The van der Waals surface area contributed by atoms with Gasteiger partial charge in [0.15, 0.2) is 0 Å². The summed E-state index contributed by atoms with van der Waals surface area (Å²) in [6.07, 6.45) is 3.08. The Morgan fingerprint density at radius 3 is 2.88 bits per heavy atom. The van der Waals surface area contributed by atoms with Gasteiger partial charge in [-0.2, -0.15) is 0 Å². The average Bonchev–Trinajstić information content (AvgIpc) is 1.68. The van der Waals surface area contributed by atoms with Crippen LogP contribution in [0, 0.1) is 0 Å². The lowest BCUT2D eigenvalue weighted by molar-refractivity contribution is -0.116. The molecule has 0 rings (SSSR count). The molecule has 3 heteroatoms. The number of rotatable bonds is 2. The molecule has 3 N–H and O–H groups in total. The van der Waals surface area contributed by atoms with E-state index in [0.29, 0.717) is 0 Å². The molecule has 0 unspecified atom stereocenters. The van der Waals surface area contributed by atoms with Crippen molar-refractivity contribution in [2.75, 3.05) is 6.67 Å². The van der Waals surface area contributed by atoms with Gasteiger partial charge in [0.25, 0.3) is 0 Å². The van der Waals surface area contributed by atoms with Crippen LogP contribution in [0.2, 0.25) is 0 Å². The summed E-state index contributed by atoms with van der Waals surface area (Å²) in [6.45, 7) is 1.97. The van der Waals surface area contributed by atoms with E-state index < -0.39 is 0 Å². The number of carbonyl (C=O) groups excluding carboxylic acids is 1. The van der Waals surface area contributed by atoms with E-state index in [4.69, 9.17) is 5.73 Å². The van der Waals surface area contributed by atoms with E-state index in [-0.39, 0.29) is 12.6 Å². The molecule has 0 saturated carbocycles. The Morgan fingerprint density at radius 1 is 1.88 bits per heavy atom. The fourth-order valence-electron chi connectivity index (χ4n) is 0.311. The maximum absolute atomic E-state index is 10.4. The molecule has 46 valence electrons. The van der Waals surface area contributed by atoms with E-state index >= 15 is 0 Å². The number of amides is 1. The highest BCUT2D eigenvalue weighted by molar-refractivity contribution is 5.87. The van der Waals surface area contributed by atoms with Gasteiger partial charge in [-0.15, -0.1) is 0 Å². The molecule has 0 spiro atoms. The van der Waals surface area contributed by atoms with Crippen molar-refractivity contribution in [3.05, 3.63) is 12.2 Å². The largest absolute Gasteiger partial charge is 0.340 e. The molecule has 0 aromatic carbocycles. The maximum atomic E-state index is 10.4. The Hall–Kier alpha value is -0.830. The standard InChI is InChI=1S/C5H10N2O/c1-2-3-5(8)7-4-6/h2-3H,4,6H2,1H3,(H,7,8)/b3-2+. The van der Waals surface area contributed by atoms with Gasteiger partial charge in [-0.05, 0) is 13.0 Å². The Labute approximate surface area is 48.6 Å². The zero-order valence-corrected chi connectivity index (χ0v) is 4.85. The zero-order chi connectivity index (χ0) is 6.41. The molecule has 0 radical (unpaired) electrons. The molecule has 0 aromatic rings. The lowest BCUT2D eigenvalue weighted by Gasteiger charge is -1.91. The zero-order valence-electron chi connectivity index (χ0n) is 4.85. The van der Waals surface area contributed by atoms with Gasteiger partial charge in [-0.1, -0.05) is 6.08 Å². The molecule has 0 bridgehead atoms. The first-order valence-corrected chi connectivity index (χ1v) is 2.42. The Balaban J connectivity index is 3.33. The quantitative estimate of drug-likeness (QED) is 0.379. The van der Waals surface area contributed by atoms with E-state index in [0.717, 1.165) is 0 Å². The smallest absolute Gasteiger partial charge is 0.244 e. The van der Waals surface area contributed by atoms with Gasteiger partial charge in [0.05, 0.1) is 6.67 Å². The van der Waals surface area contributed by atoms with Crippen LogP contribution in [0.1, 0.15) is 6.92 Å². The van der Waals surface area contributed by atoms with Gasteiger partial charge in [0.2, 0.25) is 5.91 Å². The third-order valence-corrected chi connectivity index (χ3v) is 0.594. The number of hydrogen-bond acceptors (Lipinski definition) is 2. The molecule has 0 heterocycles. The van der Waals surface area contributed by atoms with Crippen LogP contribution in [0.4, 0.5) is 0 Å². The summed E-state index contributed by atoms with van der Waals surface area (Å²) in [7, 11) is 0. The molecule has 0 aromatic heterocycles. The van der Waals surface area contributed by atoms with Crippen LogP contribution >= 0.6 is 0 Å². The van der Waals surface area contributed by atoms with Crippen LogP contribution in [-0.2, 0) is 4.79 Å². The monoisotopic (exact) mass is 114 g/mol. The maximum Gasteiger partial charge on any atom is 0.244 e. The van der Waals surface area contributed by atoms with Crippen molar-refractivity contribution in [2.45, 2.75) is 6.92 Å². The van der Waals surface area contributed by atoms with Gasteiger partial charge in [-0.25, -0.2) is 0 Å². The highest BCUT2D eigenvalue weighted by atomic mass is 16.1. The van der Waals surface area contributed by atoms with Gasteiger partial charge in [-0.3, -0.25) is 4.79 Å². The van der Waals surface area contributed by atoms with Crippen molar-refractivity contribution in [1.29, 1.82) is 0 Å². The number of nitrogens with one attached hydrogen (secondary N) is 1. The molecule has 0 aliphatic carbocycles. The fourth-order valence-corrected chi connectivity index (χ4v) is 0.311. The first-order chi connectivity index (χ1) is 3.81. The van der Waals surface area contributed by atoms with E-state index in [1.165, 1.54) is 6.08 Å². The summed E-state index contributed by atoms with van der Waals surface area (Å²) in [5.41, 5.74) is 4.99. The highest BCUT2D eigenvalue weighted by Crippen LogP contribution is 1.67. The third kappa shape index (κ3) is 3.36. The van der Waals surface area contributed by atoms with Gasteiger partial charge in [0.1, 0.15) is 0 Å². The summed E-state index contributed by atoms with van der Waals surface area (Å²) >= 11 is 0. The predicted octanol–water partition coefficient (Wildman–Crippen LogP) is -0.405. The number of nitrogens with two attached hydrogens (primary N) is 1. The average molecular weight is 114 g/mol. The molecule has 0 saturated heterocycles. The van der Waals surface area contributed by atoms with Crippen molar-refractivity contribution >= 4 is 5.91 Å². The van der Waals surface area contributed by atoms with Crippen LogP contribution in [0.3, 0.4) is 0 Å². The molecule has 3 nitrogen and oxygen atoms in total. The second-order valence-corrected chi connectivity index (χ2v) is 1.25. The highest BCUT2D eigenvalue weighted by Gasteiger charge is 1.85. The normalized spacial score (nSPS) is 9.75. The van der Waals surface area contributed by atoms with E-state index in [2.05, 4.69) is 5.32 Å². The molecule has 0 aliphatic heterocycles. The van der Waals surface area contributed by atoms with Gasteiger partial charge in [0, 0.05) is 0 Å². The van der Waals surface area contributed by atoms with Crippen molar-refractivity contribution < 1.29 is 4.79 Å². The minimum atomic E-state index is -0.144. The number of carbonyl (C=O) groups is 1. The Bertz CT molecular complexity index is 98.6. The molecular weight excluding hydrogens is 104 g/mol. The van der Waals surface area contributed by atoms with Crippen molar-refractivity contribution in [2.24, 2.45) is 5.73 Å². The second-order valence-electron chi connectivity index (χ2n) is 1.25. The van der Waals surface area contributed by atoms with Gasteiger partial charge < -0.3 is 11.1 Å². The Morgan fingerprint density at radius 2 is 2.50 bits per heavy atom. The SMILES string of the molecule is C/C=C/C(=O)NCN. The minimum absolute atomic E-state index is 0.144. The molecule has 0 atom stereocenters. The van der Waals surface area contributed by atoms with Crippen molar-refractivity contribution in [3.8, 4) is 0 Å². The van der Waals surface area contributed by atoms with Crippen LogP contribution in [0.5, 0.6) is 0 Å². The number of allylic oxidation sites excluding steroid dienone is 1. The van der Waals surface area contributed by atoms with E-state index in [1.807, 2.05) is 0 Å². The predicted molar refractivity (Wildman–Crippen MR) is 32.0 cm³/mol. The molecular formula is C5H10N2O. The number of hydrogen-bond donors (Lipinski definition) is 2. The first-order valence-electron chi connectivity index (χ1n) is 2.42. The lowest BCUT2D eigenvalue weighted by Crippen LogP contribution is -2.27. The summed E-state index contributed by atoms with van der Waals surface area (Å²) in [6, 6.07) is 0. The lowest BCUT2D eigenvalue weighted by atomic mass is 10.5. The van der Waals surface area contributed by atoms with Crippen LogP contribution in [0.25, 0.3) is 0 Å². The van der Waals surface area contributed by atoms with Gasteiger partial charge >= 0.3 is 0 Å². The minimum Gasteiger partial charge on any atom is -0.340 e. The second kappa shape index (κ2) is 4.33. The molecule has 0 aliphatic rings. The first kappa shape index (κ1) is 7.17. The molecule has 0 fully saturated rings. The Kier molecular flexibility index (Phi) is 3.88. The summed E-state index contributed by atoms with van der Waals surface area (Å²) in [5.74, 6) is -0.144. The topological polar surface area (TPSA) is 55.1 Å². The fraction of sp³-hybridized carbons (Fsp3) is 0.400. The summed E-state index contributed by atoms with van der Waals surface area (Å²) < 4.78 is 0. The van der Waals surface area contributed by atoms with E-state index in [9.17, 15) is 4.79 Å². The van der Waals surface area contributed by atoms with E-state index in [1.54, 1.807) is 13.0 Å².